The fraction of sp³-hybridized carbons (Fsp3) is 0.263. The summed E-state index contributed by atoms with van der Waals surface area (Å²) in [6, 6.07) is 16.3. The van der Waals surface area contributed by atoms with Crippen LogP contribution in [0.15, 0.2) is 48.5 Å². The molecule has 0 bridgehead atoms. The van der Waals surface area contributed by atoms with Crippen molar-refractivity contribution in [2.45, 2.75) is 26.4 Å². The summed E-state index contributed by atoms with van der Waals surface area (Å²) in [6.07, 6.45) is 0.484. The van der Waals surface area contributed by atoms with E-state index in [-0.39, 0.29) is 5.91 Å². The third-order valence-electron chi connectivity index (χ3n) is 4.48. The summed E-state index contributed by atoms with van der Waals surface area (Å²) < 4.78 is 2.30. The van der Waals surface area contributed by atoms with Gasteiger partial charge in [0.05, 0.1) is 17.6 Å². The molecule has 1 aromatic heterocycles. The van der Waals surface area contributed by atoms with Crippen LogP contribution in [0.4, 0.5) is 11.4 Å². The van der Waals surface area contributed by atoms with Gasteiger partial charge in [-0.2, -0.15) is 0 Å². The molecular formula is C19H20N4O. The highest BCUT2D eigenvalue weighted by Crippen LogP contribution is 2.26. The number of carbonyl (C=O) groups excluding carboxylic acids is 1. The lowest BCUT2D eigenvalue weighted by atomic mass is 10.2. The van der Waals surface area contributed by atoms with E-state index in [1.165, 1.54) is 5.52 Å². The van der Waals surface area contributed by atoms with E-state index in [2.05, 4.69) is 39.0 Å². The first-order chi connectivity index (χ1) is 11.7. The highest BCUT2D eigenvalue weighted by molar-refractivity contribution is 5.91. The number of rotatable bonds is 3. The van der Waals surface area contributed by atoms with Crippen LogP contribution < -0.4 is 10.2 Å². The Morgan fingerprint density at radius 2 is 2.04 bits per heavy atom. The molecule has 1 aliphatic heterocycles. The van der Waals surface area contributed by atoms with E-state index in [4.69, 9.17) is 4.98 Å². The molecule has 0 atom stereocenters. The van der Waals surface area contributed by atoms with Gasteiger partial charge in [-0.1, -0.05) is 25.1 Å². The molecular weight excluding hydrogens is 300 g/mol. The van der Waals surface area contributed by atoms with Crippen molar-refractivity contribution in [1.82, 2.24) is 9.55 Å². The van der Waals surface area contributed by atoms with E-state index in [0.29, 0.717) is 6.42 Å². The molecule has 1 aliphatic rings. The topological polar surface area (TPSA) is 50.2 Å². The normalized spacial score (nSPS) is 13.8. The van der Waals surface area contributed by atoms with Crippen molar-refractivity contribution in [2.24, 2.45) is 0 Å². The molecule has 0 spiro atoms. The van der Waals surface area contributed by atoms with Crippen molar-refractivity contribution in [3.8, 4) is 0 Å². The maximum Gasteiger partial charge on any atom is 0.224 e. The molecule has 2 heterocycles. The van der Waals surface area contributed by atoms with E-state index in [0.717, 1.165) is 42.4 Å². The van der Waals surface area contributed by atoms with E-state index in [1.54, 1.807) is 0 Å². The average Bonchev–Trinajstić information content (AvgIpc) is 2.99. The highest BCUT2D eigenvalue weighted by atomic mass is 16.1. The Kier molecular flexibility index (Phi) is 3.69. The molecule has 0 aliphatic carbocycles. The first kappa shape index (κ1) is 14.8. The number of nitrogens with zero attached hydrogens (tertiary/aromatic N) is 3. The summed E-state index contributed by atoms with van der Waals surface area (Å²) in [7, 11) is 0. The van der Waals surface area contributed by atoms with Crippen LogP contribution in [0.25, 0.3) is 11.0 Å². The van der Waals surface area contributed by atoms with E-state index >= 15 is 0 Å². The molecule has 1 N–H and O–H groups in total. The Bertz CT molecular complexity index is 899. The van der Waals surface area contributed by atoms with Gasteiger partial charge in [-0.3, -0.25) is 4.79 Å². The number of hydrogen-bond acceptors (Lipinski definition) is 3. The monoisotopic (exact) mass is 320 g/mol. The van der Waals surface area contributed by atoms with Crippen molar-refractivity contribution in [2.75, 3.05) is 16.8 Å². The largest absolute Gasteiger partial charge is 0.362 e. The Morgan fingerprint density at radius 1 is 1.17 bits per heavy atom. The van der Waals surface area contributed by atoms with Crippen molar-refractivity contribution >= 4 is 28.3 Å². The second-order valence-electron chi connectivity index (χ2n) is 6.04. The summed E-state index contributed by atoms with van der Waals surface area (Å²) in [5.41, 5.74) is 4.22. The third kappa shape index (κ3) is 2.62. The zero-order valence-corrected chi connectivity index (χ0v) is 13.7. The molecule has 0 unspecified atom stereocenters. The lowest BCUT2D eigenvalue weighted by molar-refractivity contribution is -0.115. The fourth-order valence-electron chi connectivity index (χ4n) is 3.22. The Morgan fingerprint density at radius 3 is 2.92 bits per heavy atom. The van der Waals surface area contributed by atoms with Crippen LogP contribution in [0.5, 0.6) is 0 Å². The number of imidazole rings is 1. The molecule has 2 aromatic carbocycles. The van der Waals surface area contributed by atoms with Crippen molar-refractivity contribution in [3.63, 3.8) is 0 Å². The maximum absolute atomic E-state index is 11.6. The number of nitrogens with one attached hydrogen (secondary N) is 1. The molecule has 0 saturated carbocycles. The summed E-state index contributed by atoms with van der Waals surface area (Å²) in [6.45, 7) is 4.48. The quantitative estimate of drug-likeness (QED) is 0.804. The van der Waals surface area contributed by atoms with E-state index in [1.807, 2.05) is 31.2 Å². The second-order valence-corrected chi connectivity index (χ2v) is 6.04. The lowest BCUT2D eigenvalue weighted by Crippen LogP contribution is -2.33. The smallest absolute Gasteiger partial charge is 0.224 e. The number of para-hydroxylation sites is 2. The predicted molar refractivity (Wildman–Crippen MR) is 96.1 cm³/mol. The Balaban J connectivity index is 1.60. The standard InChI is InChI=1S/C19H20N4O/c1-2-19(24)20-14-6-5-7-15(12-14)22-10-11-23-17-9-4-3-8-16(17)21-18(23)13-22/h3-9,12H,2,10-11,13H2,1H3,(H,20,24). The summed E-state index contributed by atoms with van der Waals surface area (Å²) in [4.78, 5) is 18.7. The van der Waals surface area contributed by atoms with Gasteiger partial charge in [-0.25, -0.2) is 4.98 Å². The zero-order chi connectivity index (χ0) is 16.5. The summed E-state index contributed by atoms with van der Waals surface area (Å²) >= 11 is 0. The number of amides is 1. The molecule has 3 aromatic rings. The van der Waals surface area contributed by atoms with Gasteiger partial charge in [0.2, 0.25) is 5.91 Å². The fourth-order valence-corrected chi connectivity index (χ4v) is 3.22. The highest BCUT2D eigenvalue weighted by Gasteiger charge is 2.20. The number of aromatic nitrogens is 2. The first-order valence-electron chi connectivity index (χ1n) is 8.33. The minimum atomic E-state index is 0.0348. The summed E-state index contributed by atoms with van der Waals surface area (Å²) in [5, 5.41) is 2.93. The van der Waals surface area contributed by atoms with Gasteiger partial charge in [0.1, 0.15) is 5.82 Å². The molecule has 0 radical (unpaired) electrons. The van der Waals surface area contributed by atoms with Gasteiger partial charge in [-0.05, 0) is 30.3 Å². The number of anilines is 2. The molecule has 1 amide bonds. The molecule has 0 saturated heterocycles. The molecule has 0 fully saturated rings. The van der Waals surface area contributed by atoms with Gasteiger partial charge < -0.3 is 14.8 Å². The number of fused-ring (bicyclic) bond motifs is 3. The zero-order valence-electron chi connectivity index (χ0n) is 13.7. The van der Waals surface area contributed by atoms with Gasteiger partial charge in [0.15, 0.2) is 0 Å². The number of carbonyl (C=O) groups is 1. The van der Waals surface area contributed by atoms with E-state index < -0.39 is 0 Å². The molecule has 122 valence electrons. The third-order valence-corrected chi connectivity index (χ3v) is 4.48. The van der Waals surface area contributed by atoms with Crippen molar-refractivity contribution < 1.29 is 4.79 Å². The minimum Gasteiger partial charge on any atom is -0.362 e. The van der Waals surface area contributed by atoms with Crippen LogP contribution in [-0.4, -0.2) is 22.0 Å². The molecule has 4 rings (SSSR count). The summed E-state index contributed by atoms with van der Waals surface area (Å²) in [5.74, 6) is 1.12. The SMILES string of the molecule is CCC(=O)Nc1cccc(N2CCn3c(nc4ccccc43)C2)c1. The molecule has 24 heavy (non-hydrogen) atoms. The van der Waals surface area contributed by atoms with E-state index in [9.17, 15) is 4.79 Å². The van der Waals surface area contributed by atoms with Gasteiger partial charge in [0, 0.05) is 30.9 Å². The van der Waals surface area contributed by atoms with Crippen LogP contribution in [0.3, 0.4) is 0 Å². The van der Waals surface area contributed by atoms with Gasteiger partial charge in [-0.15, -0.1) is 0 Å². The Labute approximate surface area is 140 Å². The molecule has 5 nitrogen and oxygen atoms in total. The minimum absolute atomic E-state index is 0.0348. The van der Waals surface area contributed by atoms with Gasteiger partial charge >= 0.3 is 0 Å². The molecule has 5 heteroatoms. The number of hydrogen-bond donors (Lipinski definition) is 1. The maximum atomic E-state index is 11.6. The van der Waals surface area contributed by atoms with Crippen LogP contribution in [0.2, 0.25) is 0 Å². The average molecular weight is 320 g/mol. The Hall–Kier alpha value is -2.82. The predicted octanol–water partition coefficient (Wildman–Crippen LogP) is 3.41. The van der Waals surface area contributed by atoms with Gasteiger partial charge in [0.25, 0.3) is 0 Å². The van der Waals surface area contributed by atoms with Crippen LogP contribution >= 0.6 is 0 Å². The van der Waals surface area contributed by atoms with Crippen molar-refractivity contribution in [1.29, 1.82) is 0 Å². The van der Waals surface area contributed by atoms with Crippen LogP contribution in [-0.2, 0) is 17.9 Å². The first-order valence-corrected chi connectivity index (χ1v) is 8.33. The lowest BCUT2D eigenvalue weighted by Gasteiger charge is -2.30. The van der Waals surface area contributed by atoms with Crippen molar-refractivity contribution in [3.05, 3.63) is 54.4 Å². The second kappa shape index (κ2) is 6.00. The van der Waals surface area contributed by atoms with Crippen LogP contribution in [0.1, 0.15) is 19.2 Å². The number of benzene rings is 2. The van der Waals surface area contributed by atoms with Crippen LogP contribution in [0, 0.1) is 0 Å².